The van der Waals surface area contributed by atoms with Gasteiger partial charge in [-0.15, -0.1) is 11.6 Å². The molecule has 2 aliphatic heterocycles. The van der Waals surface area contributed by atoms with E-state index in [-0.39, 0.29) is 0 Å². The maximum atomic E-state index is 6.34. The average molecular weight is 231 g/mol. The molecule has 0 radical (unpaired) electrons. The van der Waals surface area contributed by atoms with Crippen LogP contribution in [0.15, 0.2) is 0 Å². The molecule has 0 aromatic heterocycles. The Morgan fingerprint density at radius 3 is 2.60 bits per heavy atom. The highest BCUT2D eigenvalue weighted by atomic mass is 35.5. The molecule has 3 atom stereocenters. The van der Waals surface area contributed by atoms with Crippen LogP contribution in [-0.2, 0) is 0 Å². The Morgan fingerprint density at radius 2 is 2.07 bits per heavy atom. The number of hydrogen-bond donors (Lipinski definition) is 0. The minimum absolute atomic E-state index is 0.397. The van der Waals surface area contributed by atoms with Crippen LogP contribution in [0.25, 0.3) is 0 Å². The van der Waals surface area contributed by atoms with Gasteiger partial charge >= 0.3 is 0 Å². The summed E-state index contributed by atoms with van der Waals surface area (Å²) in [7, 11) is 2.23. The van der Waals surface area contributed by atoms with E-state index in [2.05, 4.69) is 23.8 Å². The smallest absolute Gasteiger partial charge is 0.0503 e. The van der Waals surface area contributed by atoms with E-state index in [0.717, 1.165) is 18.4 Å². The van der Waals surface area contributed by atoms with Crippen molar-refractivity contribution in [2.45, 2.75) is 25.1 Å². The molecule has 0 aliphatic carbocycles. The quantitative estimate of drug-likeness (QED) is 0.684. The Balaban J connectivity index is 1.77. The van der Waals surface area contributed by atoms with Crippen LogP contribution in [0, 0.1) is 11.8 Å². The van der Waals surface area contributed by atoms with Crippen molar-refractivity contribution in [1.29, 1.82) is 0 Å². The first kappa shape index (κ1) is 11.7. The van der Waals surface area contributed by atoms with Gasteiger partial charge in [0, 0.05) is 26.2 Å². The molecule has 3 heteroatoms. The molecule has 2 nitrogen and oxygen atoms in total. The lowest BCUT2D eigenvalue weighted by Gasteiger charge is -2.20. The minimum atomic E-state index is 0.397. The van der Waals surface area contributed by atoms with Gasteiger partial charge in [-0.3, -0.25) is 0 Å². The van der Waals surface area contributed by atoms with Crippen LogP contribution in [0.5, 0.6) is 0 Å². The molecule has 88 valence electrons. The summed E-state index contributed by atoms with van der Waals surface area (Å²) in [4.78, 5) is 5.02. The van der Waals surface area contributed by atoms with E-state index in [1.54, 1.807) is 0 Å². The van der Waals surface area contributed by atoms with Crippen molar-refractivity contribution in [2.75, 3.05) is 39.8 Å². The summed E-state index contributed by atoms with van der Waals surface area (Å²) in [5.41, 5.74) is 0. The number of alkyl halides is 1. The molecule has 2 fully saturated rings. The largest absolute Gasteiger partial charge is 0.306 e. The van der Waals surface area contributed by atoms with Crippen LogP contribution in [0.3, 0.4) is 0 Å². The summed E-state index contributed by atoms with van der Waals surface area (Å²) in [6.07, 6.45) is 2.60. The number of likely N-dealkylation sites (tertiary alicyclic amines) is 2. The predicted molar refractivity (Wildman–Crippen MR) is 65.5 cm³/mol. The lowest BCUT2D eigenvalue weighted by Crippen LogP contribution is -2.29. The van der Waals surface area contributed by atoms with Crippen molar-refractivity contribution < 1.29 is 0 Å². The van der Waals surface area contributed by atoms with Crippen molar-refractivity contribution in [1.82, 2.24) is 9.80 Å². The second-order valence-electron chi connectivity index (χ2n) is 5.32. The number of hydrogen-bond acceptors (Lipinski definition) is 2. The second kappa shape index (κ2) is 5.03. The molecule has 0 N–H and O–H groups in total. The van der Waals surface area contributed by atoms with Crippen molar-refractivity contribution in [2.24, 2.45) is 11.8 Å². The van der Waals surface area contributed by atoms with Gasteiger partial charge in [0.1, 0.15) is 0 Å². The van der Waals surface area contributed by atoms with E-state index < -0.39 is 0 Å². The summed E-state index contributed by atoms with van der Waals surface area (Å²) < 4.78 is 0. The molecule has 2 saturated heterocycles. The lowest BCUT2D eigenvalue weighted by molar-refractivity contribution is 0.266. The van der Waals surface area contributed by atoms with Crippen LogP contribution >= 0.6 is 11.6 Å². The van der Waals surface area contributed by atoms with Gasteiger partial charge < -0.3 is 9.80 Å². The highest BCUT2D eigenvalue weighted by Crippen LogP contribution is 2.26. The highest BCUT2D eigenvalue weighted by molar-refractivity contribution is 6.21. The summed E-state index contributed by atoms with van der Waals surface area (Å²) in [5.74, 6) is 1.61. The summed E-state index contributed by atoms with van der Waals surface area (Å²) in [6, 6.07) is 0. The van der Waals surface area contributed by atoms with Crippen molar-refractivity contribution in [3.8, 4) is 0 Å². The first-order valence-corrected chi connectivity index (χ1v) is 6.67. The summed E-state index contributed by atoms with van der Waals surface area (Å²) in [6.45, 7) is 8.42. The Bertz CT molecular complexity index is 210. The summed E-state index contributed by atoms with van der Waals surface area (Å²) >= 11 is 6.34. The van der Waals surface area contributed by atoms with Gasteiger partial charge in [-0.25, -0.2) is 0 Å². The third-order valence-corrected chi connectivity index (χ3v) is 4.46. The van der Waals surface area contributed by atoms with Gasteiger partial charge in [-0.05, 0) is 31.8 Å². The molecule has 0 spiro atoms. The molecule has 3 unspecified atom stereocenters. The van der Waals surface area contributed by atoms with Gasteiger partial charge in [-0.2, -0.15) is 0 Å². The van der Waals surface area contributed by atoms with E-state index in [9.17, 15) is 0 Å². The third-order valence-electron chi connectivity index (χ3n) is 3.97. The van der Waals surface area contributed by atoms with Crippen LogP contribution in [0.4, 0.5) is 0 Å². The van der Waals surface area contributed by atoms with E-state index in [1.807, 2.05) is 0 Å². The zero-order valence-corrected chi connectivity index (χ0v) is 10.7. The zero-order chi connectivity index (χ0) is 10.8. The number of nitrogens with zero attached hydrogens (tertiary/aromatic N) is 2. The molecule has 2 heterocycles. The molecular formula is C12H23ClN2. The van der Waals surface area contributed by atoms with Crippen molar-refractivity contribution in [3.05, 3.63) is 0 Å². The monoisotopic (exact) mass is 230 g/mol. The Kier molecular flexibility index (Phi) is 3.92. The minimum Gasteiger partial charge on any atom is -0.306 e. The van der Waals surface area contributed by atoms with E-state index >= 15 is 0 Å². The highest BCUT2D eigenvalue weighted by Gasteiger charge is 2.32. The van der Waals surface area contributed by atoms with Gasteiger partial charge in [0.05, 0.1) is 5.38 Å². The Hall–Kier alpha value is 0.210. The molecule has 2 rings (SSSR count). The molecule has 15 heavy (non-hydrogen) atoms. The van der Waals surface area contributed by atoms with Gasteiger partial charge in [0.15, 0.2) is 0 Å². The third kappa shape index (κ3) is 2.86. The van der Waals surface area contributed by atoms with Crippen LogP contribution in [0.1, 0.15) is 19.8 Å². The molecule has 0 amide bonds. The van der Waals surface area contributed by atoms with E-state index in [0.29, 0.717) is 5.38 Å². The molecule has 0 saturated carbocycles. The van der Waals surface area contributed by atoms with Crippen LogP contribution in [-0.4, -0.2) is 54.9 Å². The fourth-order valence-electron chi connectivity index (χ4n) is 2.99. The van der Waals surface area contributed by atoms with E-state index in [4.69, 9.17) is 11.6 Å². The first-order chi connectivity index (χ1) is 7.19. The van der Waals surface area contributed by atoms with E-state index in [1.165, 1.54) is 39.0 Å². The molecule has 0 aromatic carbocycles. The Morgan fingerprint density at radius 1 is 1.27 bits per heavy atom. The molecule has 0 bridgehead atoms. The van der Waals surface area contributed by atoms with Gasteiger partial charge in [0.25, 0.3) is 0 Å². The van der Waals surface area contributed by atoms with Crippen molar-refractivity contribution >= 4 is 11.6 Å². The average Bonchev–Trinajstić information content (AvgIpc) is 2.73. The summed E-state index contributed by atoms with van der Waals surface area (Å²) in [5, 5.41) is 0.397. The maximum absolute atomic E-state index is 6.34. The standard InChI is InChI=1S/C12H23ClN2/c1-3-11-8-15(9-12(11)13)7-10-4-5-14(2)6-10/h10-12H,3-9H2,1-2H3. The Labute approximate surface area is 98.6 Å². The normalized spacial score (nSPS) is 39.0. The fourth-order valence-corrected chi connectivity index (χ4v) is 3.44. The van der Waals surface area contributed by atoms with Crippen LogP contribution in [0.2, 0.25) is 0 Å². The molecule has 0 aromatic rings. The van der Waals surface area contributed by atoms with Crippen LogP contribution < -0.4 is 0 Å². The topological polar surface area (TPSA) is 6.48 Å². The van der Waals surface area contributed by atoms with Gasteiger partial charge in [-0.1, -0.05) is 13.3 Å². The SMILES string of the molecule is CCC1CN(CC2CCN(C)C2)CC1Cl. The van der Waals surface area contributed by atoms with Gasteiger partial charge in [0.2, 0.25) is 0 Å². The zero-order valence-electron chi connectivity index (χ0n) is 9.95. The number of rotatable bonds is 3. The lowest BCUT2D eigenvalue weighted by atomic mass is 10.1. The molecule has 2 aliphatic rings. The fraction of sp³-hybridized carbons (Fsp3) is 1.00. The second-order valence-corrected chi connectivity index (χ2v) is 5.88. The molecular weight excluding hydrogens is 208 g/mol. The first-order valence-electron chi connectivity index (χ1n) is 6.24. The predicted octanol–water partition coefficient (Wildman–Crippen LogP) is 1.89. The van der Waals surface area contributed by atoms with Crippen molar-refractivity contribution in [3.63, 3.8) is 0 Å². The number of halogens is 1. The maximum Gasteiger partial charge on any atom is 0.0503 e.